The van der Waals surface area contributed by atoms with Crippen molar-refractivity contribution in [2.75, 3.05) is 11.1 Å². The zero-order valence-electron chi connectivity index (χ0n) is 8.09. The van der Waals surface area contributed by atoms with Crippen LogP contribution in [-0.4, -0.2) is 6.04 Å². The van der Waals surface area contributed by atoms with Crippen molar-refractivity contribution >= 4 is 23.0 Å². The molecule has 0 spiro atoms. The molecule has 0 bridgehead atoms. The van der Waals surface area contributed by atoms with Crippen LogP contribution >= 0.6 is 11.6 Å². The third-order valence-electron chi connectivity index (χ3n) is 2.73. The second-order valence-corrected chi connectivity index (χ2v) is 4.29. The lowest BCUT2D eigenvalue weighted by Gasteiger charge is -2.15. The highest BCUT2D eigenvalue weighted by molar-refractivity contribution is 6.31. The van der Waals surface area contributed by atoms with Crippen molar-refractivity contribution < 1.29 is 0 Å². The van der Waals surface area contributed by atoms with E-state index in [0.29, 0.717) is 11.1 Å². The third-order valence-corrected chi connectivity index (χ3v) is 2.96. The lowest BCUT2D eigenvalue weighted by Crippen LogP contribution is -2.15. The zero-order chi connectivity index (χ0) is 9.97. The van der Waals surface area contributed by atoms with Crippen LogP contribution in [0, 0.1) is 0 Å². The van der Waals surface area contributed by atoms with Gasteiger partial charge in [-0.2, -0.15) is 0 Å². The molecule has 1 aromatic rings. The first-order valence-corrected chi connectivity index (χ1v) is 5.45. The Labute approximate surface area is 89.4 Å². The summed E-state index contributed by atoms with van der Waals surface area (Å²) >= 11 is 5.83. The van der Waals surface area contributed by atoms with Gasteiger partial charge in [0.05, 0.1) is 11.4 Å². The van der Waals surface area contributed by atoms with E-state index < -0.39 is 0 Å². The van der Waals surface area contributed by atoms with Gasteiger partial charge in [0, 0.05) is 11.1 Å². The lowest BCUT2D eigenvalue weighted by atomic mass is 10.2. The maximum Gasteiger partial charge on any atom is 0.0577 e. The van der Waals surface area contributed by atoms with Gasteiger partial charge in [0.1, 0.15) is 0 Å². The molecule has 3 N–H and O–H groups in total. The minimum absolute atomic E-state index is 0.596. The molecule has 76 valence electrons. The van der Waals surface area contributed by atoms with Crippen LogP contribution in [0.4, 0.5) is 11.4 Å². The summed E-state index contributed by atoms with van der Waals surface area (Å²) in [7, 11) is 0. The quantitative estimate of drug-likeness (QED) is 0.736. The first-order chi connectivity index (χ1) is 6.75. The molecule has 0 unspecified atom stereocenters. The number of anilines is 2. The molecule has 1 aromatic carbocycles. The fraction of sp³-hybridized carbons (Fsp3) is 0.455. The summed E-state index contributed by atoms with van der Waals surface area (Å²) in [6.07, 6.45) is 5.15. The smallest absolute Gasteiger partial charge is 0.0577 e. The fourth-order valence-electron chi connectivity index (χ4n) is 1.96. The first kappa shape index (κ1) is 9.66. The van der Waals surface area contributed by atoms with E-state index in [1.54, 1.807) is 6.07 Å². The van der Waals surface area contributed by atoms with Crippen molar-refractivity contribution in [1.29, 1.82) is 0 Å². The molecule has 3 heteroatoms. The third kappa shape index (κ3) is 2.13. The average Bonchev–Trinajstić information content (AvgIpc) is 2.62. The van der Waals surface area contributed by atoms with Crippen LogP contribution in [0.1, 0.15) is 25.7 Å². The van der Waals surface area contributed by atoms with E-state index in [1.165, 1.54) is 25.7 Å². The summed E-state index contributed by atoms with van der Waals surface area (Å²) in [6, 6.07) is 6.21. The molecule has 0 saturated heterocycles. The Kier molecular flexibility index (Phi) is 2.82. The van der Waals surface area contributed by atoms with Gasteiger partial charge in [0.15, 0.2) is 0 Å². The van der Waals surface area contributed by atoms with Gasteiger partial charge in [-0.3, -0.25) is 0 Å². The highest BCUT2D eigenvalue weighted by atomic mass is 35.5. The van der Waals surface area contributed by atoms with Crippen molar-refractivity contribution in [3.05, 3.63) is 23.2 Å². The Morgan fingerprint density at radius 2 is 2.00 bits per heavy atom. The average molecular weight is 211 g/mol. The number of nitrogen functional groups attached to an aromatic ring is 1. The van der Waals surface area contributed by atoms with E-state index in [0.717, 1.165) is 11.4 Å². The SMILES string of the molecule is Nc1cc(Cl)ccc1NC1CCCC1. The number of rotatable bonds is 2. The van der Waals surface area contributed by atoms with Gasteiger partial charge >= 0.3 is 0 Å². The number of hydrogen-bond acceptors (Lipinski definition) is 2. The molecular weight excluding hydrogens is 196 g/mol. The molecule has 1 saturated carbocycles. The Morgan fingerprint density at radius 1 is 1.29 bits per heavy atom. The summed E-state index contributed by atoms with van der Waals surface area (Å²) in [4.78, 5) is 0. The van der Waals surface area contributed by atoms with Gasteiger partial charge in [-0.15, -0.1) is 0 Å². The topological polar surface area (TPSA) is 38.0 Å². The zero-order valence-corrected chi connectivity index (χ0v) is 8.85. The Balaban J connectivity index is 2.08. The largest absolute Gasteiger partial charge is 0.397 e. The molecule has 0 amide bonds. The van der Waals surface area contributed by atoms with Gasteiger partial charge in [0.2, 0.25) is 0 Å². The molecule has 1 fully saturated rings. The van der Waals surface area contributed by atoms with Crippen molar-refractivity contribution in [3.63, 3.8) is 0 Å². The van der Waals surface area contributed by atoms with E-state index in [-0.39, 0.29) is 0 Å². The molecule has 0 radical (unpaired) electrons. The normalized spacial score (nSPS) is 17.2. The monoisotopic (exact) mass is 210 g/mol. The van der Waals surface area contributed by atoms with Crippen LogP contribution in [0.5, 0.6) is 0 Å². The predicted octanol–water partition coefficient (Wildman–Crippen LogP) is 3.28. The summed E-state index contributed by atoms with van der Waals surface area (Å²) in [6.45, 7) is 0. The second kappa shape index (κ2) is 4.09. The Bertz CT molecular complexity index is 319. The number of benzene rings is 1. The number of halogens is 1. The minimum Gasteiger partial charge on any atom is -0.397 e. The molecule has 0 aromatic heterocycles. The molecule has 1 aliphatic carbocycles. The molecular formula is C11H15ClN2. The van der Waals surface area contributed by atoms with Gasteiger partial charge in [-0.05, 0) is 31.0 Å². The van der Waals surface area contributed by atoms with Gasteiger partial charge in [-0.25, -0.2) is 0 Å². The van der Waals surface area contributed by atoms with Crippen molar-refractivity contribution in [1.82, 2.24) is 0 Å². The van der Waals surface area contributed by atoms with Gasteiger partial charge in [0.25, 0.3) is 0 Å². The molecule has 1 aliphatic rings. The first-order valence-electron chi connectivity index (χ1n) is 5.07. The van der Waals surface area contributed by atoms with Crippen LogP contribution in [0.25, 0.3) is 0 Å². The number of hydrogen-bond donors (Lipinski definition) is 2. The number of nitrogens with two attached hydrogens (primary N) is 1. The van der Waals surface area contributed by atoms with Gasteiger partial charge in [-0.1, -0.05) is 24.4 Å². The van der Waals surface area contributed by atoms with Crippen LogP contribution < -0.4 is 11.1 Å². The molecule has 2 nitrogen and oxygen atoms in total. The molecule has 0 aliphatic heterocycles. The summed E-state index contributed by atoms with van der Waals surface area (Å²) in [5, 5.41) is 4.15. The van der Waals surface area contributed by atoms with E-state index in [1.807, 2.05) is 12.1 Å². The molecule has 0 atom stereocenters. The fourth-order valence-corrected chi connectivity index (χ4v) is 2.14. The highest BCUT2D eigenvalue weighted by Crippen LogP contribution is 2.27. The van der Waals surface area contributed by atoms with Crippen molar-refractivity contribution in [3.8, 4) is 0 Å². The second-order valence-electron chi connectivity index (χ2n) is 3.86. The molecule has 14 heavy (non-hydrogen) atoms. The van der Waals surface area contributed by atoms with E-state index in [2.05, 4.69) is 5.32 Å². The summed E-state index contributed by atoms with van der Waals surface area (Å²) in [5.41, 5.74) is 7.61. The Morgan fingerprint density at radius 3 is 2.64 bits per heavy atom. The van der Waals surface area contributed by atoms with Crippen LogP contribution in [0.15, 0.2) is 18.2 Å². The standard InChI is InChI=1S/C11H15ClN2/c12-8-5-6-11(10(13)7-8)14-9-3-1-2-4-9/h5-7,9,14H,1-4,13H2. The van der Waals surface area contributed by atoms with E-state index in [4.69, 9.17) is 17.3 Å². The summed E-state index contributed by atoms with van der Waals surface area (Å²) < 4.78 is 0. The minimum atomic E-state index is 0.596. The van der Waals surface area contributed by atoms with Gasteiger partial charge < -0.3 is 11.1 Å². The van der Waals surface area contributed by atoms with Crippen LogP contribution in [0.2, 0.25) is 5.02 Å². The maximum absolute atomic E-state index is 5.85. The number of nitrogens with one attached hydrogen (secondary N) is 1. The Hall–Kier alpha value is -0.890. The van der Waals surface area contributed by atoms with E-state index in [9.17, 15) is 0 Å². The van der Waals surface area contributed by atoms with Crippen LogP contribution in [-0.2, 0) is 0 Å². The van der Waals surface area contributed by atoms with E-state index >= 15 is 0 Å². The lowest BCUT2D eigenvalue weighted by molar-refractivity contribution is 0.756. The molecule has 2 rings (SSSR count). The summed E-state index contributed by atoms with van der Waals surface area (Å²) in [5.74, 6) is 0. The van der Waals surface area contributed by atoms with Crippen molar-refractivity contribution in [2.45, 2.75) is 31.7 Å². The predicted molar refractivity (Wildman–Crippen MR) is 61.7 cm³/mol. The maximum atomic E-state index is 5.85. The van der Waals surface area contributed by atoms with Crippen LogP contribution in [0.3, 0.4) is 0 Å². The highest BCUT2D eigenvalue weighted by Gasteiger charge is 2.15. The van der Waals surface area contributed by atoms with Crippen molar-refractivity contribution in [2.24, 2.45) is 0 Å². The molecule has 0 heterocycles.